The second-order valence-electron chi connectivity index (χ2n) is 15.5. The second-order valence-corrected chi connectivity index (χ2v) is 15.5. The van der Waals surface area contributed by atoms with Crippen LogP contribution in [0.5, 0.6) is 0 Å². The van der Waals surface area contributed by atoms with E-state index in [9.17, 15) is 29.4 Å². The van der Waals surface area contributed by atoms with Crippen LogP contribution in [0.2, 0.25) is 0 Å². The second kappa shape index (κ2) is 41.9. The van der Waals surface area contributed by atoms with Crippen molar-refractivity contribution >= 4 is 23.9 Å². The number of rotatable bonds is 43. The molecule has 0 aliphatic carbocycles. The number of ether oxygens (including phenoxy) is 2. The number of hydrogen-bond acceptors (Lipinski definition) is 8. The van der Waals surface area contributed by atoms with E-state index in [-0.39, 0.29) is 39.4 Å². The average Bonchev–Trinajstić information content (AvgIpc) is 3.15. The lowest BCUT2D eigenvalue weighted by atomic mass is 10.1. The van der Waals surface area contributed by atoms with Gasteiger partial charge in [0.1, 0.15) is 0 Å². The highest BCUT2D eigenvalue weighted by molar-refractivity contribution is 5.74. The molecule has 0 aliphatic rings. The maximum absolute atomic E-state index is 12.5. The molecule has 0 saturated heterocycles. The van der Waals surface area contributed by atoms with Crippen molar-refractivity contribution in [2.45, 2.75) is 194 Å². The van der Waals surface area contributed by atoms with Crippen LogP contribution in [0.3, 0.4) is 0 Å². The molecular formula is C46H84N2O8. The minimum Gasteiger partial charge on any atom is -0.480 e. The molecule has 0 amide bonds. The molecule has 0 fully saturated rings. The van der Waals surface area contributed by atoms with Gasteiger partial charge in [-0.05, 0) is 64.2 Å². The smallest absolute Gasteiger partial charge is 0.320 e. The van der Waals surface area contributed by atoms with E-state index in [4.69, 9.17) is 9.47 Å². The molecule has 0 saturated carbocycles. The Kier molecular flexibility index (Phi) is 39.9. The molecule has 0 atom stereocenters. The standard InChI is InChI=1S/C46H84N2O8/c1-3-5-7-9-11-13-15-17-19-21-23-25-27-29-31-33-37-55-45(53)41-47(39-43(49)50)35-36-48(40-44(51)52)42-46(54)56-38-34-32-30-28-26-24-22-20-18-16-14-12-10-8-6-4-2/h17-20H,3-16,21-42H2,1-2H3,(H,49,50)(H,51,52). The first kappa shape index (κ1) is 53.3. The molecule has 0 bridgehead atoms. The van der Waals surface area contributed by atoms with Gasteiger partial charge in [0.25, 0.3) is 0 Å². The molecule has 0 radical (unpaired) electrons. The van der Waals surface area contributed by atoms with Crippen molar-refractivity contribution in [1.82, 2.24) is 9.80 Å². The molecule has 326 valence electrons. The highest BCUT2D eigenvalue weighted by Gasteiger charge is 2.20. The fourth-order valence-electron chi connectivity index (χ4n) is 6.62. The molecular weight excluding hydrogens is 709 g/mol. The Hall–Kier alpha value is -2.72. The van der Waals surface area contributed by atoms with E-state index in [0.29, 0.717) is 0 Å². The van der Waals surface area contributed by atoms with E-state index in [1.807, 2.05) is 0 Å². The average molecular weight is 793 g/mol. The fourth-order valence-corrected chi connectivity index (χ4v) is 6.62. The van der Waals surface area contributed by atoms with Crippen molar-refractivity contribution in [2.24, 2.45) is 0 Å². The summed E-state index contributed by atoms with van der Waals surface area (Å²) in [6, 6.07) is 0. The summed E-state index contributed by atoms with van der Waals surface area (Å²) in [5.41, 5.74) is 0. The lowest BCUT2D eigenvalue weighted by molar-refractivity contribution is -0.149. The number of aliphatic carboxylic acids is 2. The molecule has 0 unspecified atom stereocenters. The zero-order chi connectivity index (χ0) is 41.2. The van der Waals surface area contributed by atoms with Crippen molar-refractivity contribution in [1.29, 1.82) is 0 Å². The van der Waals surface area contributed by atoms with Gasteiger partial charge in [0.2, 0.25) is 0 Å². The van der Waals surface area contributed by atoms with Crippen molar-refractivity contribution < 1.29 is 38.9 Å². The zero-order valence-corrected chi connectivity index (χ0v) is 36.0. The van der Waals surface area contributed by atoms with E-state index < -0.39 is 37.0 Å². The van der Waals surface area contributed by atoms with Crippen LogP contribution in [0.4, 0.5) is 0 Å². The molecule has 0 aromatic heterocycles. The van der Waals surface area contributed by atoms with Gasteiger partial charge in [-0.1, -0.05) is 154 Å². The Morgan fingerprint density at radius 2 is 0.661 bits per heavy atom. The lowest BCUT2D eigenvalue weighted by Crippen LogP contribution is -2.43. The number of carboxylic acid groups (broad SMARTS) is 2. The topological polar surface area (TPSA) is 134 Å². The van der Waals surface area contributed by atoms with Gasteiger partial charge in [-0.25, -0.2) is 0 Å². The van der Waals surface area contributed by atoms with E-state index in [1.165, 1.54) is 125 Å². The minimum atomic E-state index is -1.11. The summed E-state index contributed by atoms with van der Waals surface area (Å²) in [6.45, 7) is 4.01. The Morgan fingerprint density at radius 3 is 0.946 bits per heavy atom. The third-order valence-electron chi connectivity index (χ3n) is 9.99. The highest BCUT2D eigenvalue weighted by atomic mass is 16.5. The lowest BCUT2D eigenvalue weighted by Gasteiger charge is -2.24. The van der Waals surface area contributed by atoms with Crippen molar-refractivity contribution in [3.63, 3.8) is 0 Å². The van der Waals surface area contributed by atoms with Gasteiger partial charge in [0.05, 0.1) is 39.4 Å². The van der Waals surface area contributed by atoms with E-state index in [0.717, 1.165) is 64.2 Å². The summed E-state index contributed by atoms with van der Waals surface area (Å²) in [4.78, 5) is 50.7. The van der Waals surface area contributed by atoms with Gasteiger partial charge >= 0.3 is 23.9 Å². The van der Waals surface area contributed by atoms with Gasteiger partial charge in [-0.2, -0.15) is 0 Å². The monoisotopic (exact) mass is 793 g/mol. The summed E-state index contributed by atoms with van der Waals surface area (Å²) < 4.78 is 10.7. The number of carbonyl (C=O) groups excluding carboxylic acids is 2. The Bertz CT molecular complexity index is 924. The molecule has 56 heavy (non-hydrogen) atoms. The number of allylic oxidation sites excluding steroid dienone is 4. The van der Waals surface area contributed by atoms with E-state index in [2.05, 4.69) is 38.2 Å². The van der Waals surface area contributed by atoms with Gasteiger partial charge in [-0.3, -0.25) is 29.0 Å². The number of esters is 2. The fraction of sp³-hybridized carbons (Fsp3) is 0.826. The first-order valence-corrected chi connectivity index (χ1v) is 22.8. The Morgan fingerprint density at radius 1 is 0.393 bits per heavy atom. The third-order valence-corrected chi connectivity index (χ3v) is 9.99. The van der Waals surface area contributed by atoms with Crippen LogP contribution in [-0.2, 0) is 28.7 Å². The summed E-state index contributed by atoms with van der Waals surface area (Å²) in [5, 5.41) is 18.8. The highest BCUT2D eigenvalue weighted by Crippen LogP contribution is 2.12. The summed E-state index contributed by atoms with van der Waals surface area (Å²) in [7, 11) is 0. The molecule has 10 heteroatoms. The SMILES string of the molecule is CCCCCCCCC=CCCCCCCCCOC(=O)CN(CCN(CC(=O)O)CC(=O)OCCCCCCCCC=CCCCCCCCC)CC(=O)O. The number of hydrogen-bond donors (Lipinski definition) is 2. The molecule has 0 aromatic carbocycles. The summed E-state index contributed by atoms with van der Waals surface area (Å²) >= 11 is 0. The first-order valence-electron chi connectivity index (χ1n) is 22.8. The van der Waals surface area contributed by atoms with E-state index in [1.54, 1.807) is 0 Å². The largest absolute Gasteiger partial charge is 0.480 e. The molecule has 0 spiro atoms. The quantitative estimate of drug-likeness (QED) is 0.0349. The van der Waals surface area contributed by atoms with Gasteiger partial charge in [0, 0.05) is 13.1 Å². The summed E-state index contributed by atoms with van der Waals surface area (Å²) in [6.07, 6.45) is 42.7. The minimum absolute atomic E-state index is 0.0884. The predicted molar refractivity (Wildman–Crippen MR) is 229 cm³/mol. The molecule has 0 aliphatic heterocycles. The summed E-state index contributed by atoms with van der Waals surface area (Å²) in [5.74, 6) is -3.24. The zero-order valence-electron chi connectivity index (χ0n) is 36.0. The molecule has 2 N–H and O–H groups in total. The van der Waals surface area contributed by atoms with Crippen LogP contribution in [0.25, 0.3) is 0 Å². The number of carboxylic acids is 2. The third kappa shape index (κ3) is 40.9. The molecule has 0 rings (SSSR count). The molecule has 10 nitrogen and oxygen atoms in total. The molecule has 0 heterocycles. The number of carbonyl (C=O) groups is 4. The van der Waals surface area contributed by atoms with Crippen molar-refractivity contribution in [3.8, 4) is 0 Å². The van der Waals surface area contributed by atoms with Crippen LogP contribution in [0.15, 0.2) is 24.3 Å². The maximum atomic E-state index is 12.5. The van der Waals surface area contributed by atoms with Crippen LogP contribution in [0, 0.1) is 0 Å². The van der Waals surface area contributed by atoms with E-state index >= 15 is 0 Å². The molecule has 0 aromatic rings. The van der Waals surface area contributed by atoms with Gasteiger partial charge in [-0.15, -0.1) is 0 Å². The predicted octanol–water partition coefficient (Wildman–Crippen LogP) is 10.9. The van der Waals surface area contributed by atoms with Gasteiger partial charge < -0.3 is 19.7 Å². The normalized spacial score (nSPS) is 11.7. The number of unbranched alkanes of at least 4 members (excludes halogenated alkanes) is 24. The maximum Gasteiger partial charge on any atom is 0.320 e. The Balaban J connectivity index is 4.11. The van der Waals surface area contributed by atoms with Crippen LogP contribution in [-0.4, -0.2) is 96.4 Å². The first-order chi connectivity index (χ1) is 27.3. The van der Waals surface area contributed by atoms with Crippen molar-refractivity contribution in [2.75, 3.05) is 52.5 Å². The van der Waals surface area contributed by atoms with Crippen LogP contribution in [0.1, 0.15) is 194 Å². The van der Waals surface area contributed by atoms with Crippen molar-refractivity contribution in [3.05, 3.63) is 24.3 Å². The Labute approximate surface area is 342 Å². The number of nitrogens with zero attached hydrogens (tertiary/aromatic N) is 2. The van der Waals surface area contributed by atoms with Crippen LogP contribution >= 0.6 is 0 Å². The van der Waals surface area contributed by atoms with Gasteiger partial charge in [0.15, 0.2) is 0 Å². The van der Waals surface area contributed by atoms with Crippen LogP contribution < -0.4 is 0 Å².